The van der Waals surface area contributed by atoms with Crippen molar-refractivity contribution in [3.8, 4) is 11.3 Å². The summed E-state index contributed by atoms with van der Waals surface area (Å²) in [7, 11) is 1.79. The van der Waals surface area contributed by atoms with Gasteiger partial charge in [-0.25, -0.2) is 0 Å². The summed E-state index contributed by atoms with van der Waals surface area (Å²) in [6.07, 6.45) is 3.34. The van der Waals surface area contributed by atoms with Gasteiger partial charge in [0.05, 0.1) is 11.8 Å². The molecule has 0 spiro atoms. The molecule has 3 rings (SSSR count). The summed E-state index contributed by atoms with van der Waals surface area (Å²) in [5, 5.41) is 0. The minimum Gasteiger partial charge on any atom is -0.380 e. The van der Waals surface area contributed by atoms with Crippen LogP contribution in [0.15, 0.2) is 48.7 Å². The largest absolute Gasteiger partial charge is 0.380 e. The van der Waals surface area contributed by atoms with E-state index in [1.807, 2.05) is 24.4 Å². The Morgan fingerprint density at radius 1 is 1.21 bits per heavy atom. The fourth-order valence-electron chi connectivity index (χ4n) is 2.54. The van der Waals surface area contributed by atoms with Gasteiger partial charge in [-0.15, -0.1) is 0 Å². The Hall–Kier alpha value is -1.87. The van der Waals surface area contributed by atoms with Gasteiger partial charge in [0.15, 0.2) is 0 Å². The molecule has 0 amide bonds. The normalized spacial score (nSPS) is 18.8. The Balaban J connectivity index is 1.85. The molecule has 1 aromatic heterocycles. The molecule has 0 unspecified atom stereocenters. The summed E-state index contributed by atoms with van der Waals surface area (Å²) < 4.78 is 5.42. The third-order valence-electron chi connectivity index (χ3n) is 3.66. The standard InChI is InChI=1S/C16H18N2O/c1-19-15-8-10-18(12-15)14-7-9-17-16(11-14)13-5-3-2-4-6-13/h2-7,9,11,15H,8,10,12H2,1H3/t15-/m0/s1. The van der Waals surface area contributed by atoms with Gasteiger partial charge in [-0.05, 0) is 18.6 Å². The van der Waals surface area contributed by atoms with Crippen LogP contribution in [-0.4, -0.2) is 31.3 Å². The minimum absolute atomic E-state index is 0.355. The number of rotatable bonds is 3. The maximum Gasteiger partial charge on any atom is 0.0762 e. The van der Waals surface area contributed by atoms with Crippen LogP contribution in [0.4, 0.5) is 5.69 Å². The van der Waals surface area contributed by atoms with Crippen LogP contribution in [0.2, 0.25) is 0 Å². The molecule has 19 heavy (non-hydrogen) atoms. The molecule has 1 aromatic carbocycles. The van der Waals surface area contributed by atoms with Crippen LogP contribution in [0.25, 0.3) is 11.3 Å². The lowest BCUT2D eigenvalue weighted by atomic mass is 10.1. The highest BCUT2D eigenvalue weighted by molar-refractivity contribution is 5.64. The van der Waals surface area contributed by atoms with E-state index in [1.54, 1.807) is 7.11 Å². The smallest absolute Gasteiger partial charge is 0.0762 e. The summed E-state index contributed by atoms with van der Waals surface area (Å²) in [5.41, 5.74) is 3.42. The average Bonchev–Trinajstić information content (AvgIpc) is 2.97. The lowest BCUT2D eigenvalue weighted by molar-refractivity contribution is 0.121. The fraction of sp³-hybridized carbons (Fsp3) is 0.312. The van der Waals surface area contributed by atoms with E-state index in [4.69, 9.17) is 4.74 Å². The molecule has 1 aliphatic heterocycles. The third-order valence-corrected chi connectivity index (χ3v) is 3.66. The lowest BCUT2D eigenvalue weighted by Crippen LogP contribution is -2.22. The number of anilines is 1. The van der Waals surface area contributed by atoms with Crippen molar-refractivity contribution in [3.05, 3.63) is 48.7 Å². The van der Waals surface area contributed by atoms with Crippen LogP contribution in [0, 0.1) is 0 Å². The minimum atomic E-state index is 0.355. The average molecular weight is 254 g/mol. The maximum atomic E-state index is 5.42. The Kier molecular flexibility index (Phi) is 3.47. The van der Waals surface area contributed by atoms with Crippen molar-refractivity contribution in [3.63, 3.8) is 0 Å². The van der Waals surface area contributed by atoms with E-state index < -0.39 is 0 Å². The molecule has 2 aromatic rings. The third kappa shape index (κ3) is 2.61. The summed E-state index contributed by atoms with van der Waals surface area (Å²) in [6.45, 7) is 2.02. The molecule has 0 N–H and O–H groups in total. The number of hydrogen-bond acceptors (Lipinski definition) is 3. The van der Waals surface area contributed by atoms with E-state index >= 15 is 0 Å². The van der Waals surface area contributed by atoms with Crippen molar-refractivity contribution in [2.45, 2.75) is 12.5 Å². The van der Waals surface area contributed by atoms with E-state index in [0.29, 0.717) is 6.10 Å². The van der Waals surface area contributed by atoms with Crippen molar-refractivity contribution in [2.24, 2.45) is 0 Å². The first kappa shape index (κ1) is 12.2. The van der Waals surface area contributed by atoms with Gasteiger partial charge in [-0.3, -0.25) is 4.98 Å². The SMILES string of the molecule is CO[C@H]1CCN(c2ccnc(-c3ccccc3)c2)C1. The molecule has 1 aliphatic rings. The number of pyridine rings is 1. The van der Waals surface area contributed by atoms with Crippen LogP contribution in [0.3, 0.4) is 0 Å². The topological polar surface area (TPSA) is 25.4 Å². The van der Waals surface area contributed by atoms with Crippen molar-refractivity contribution < 1.29 is 4.74 Å². The molecule has 1 saturated heterocycles. The van der Waals surface area contributed by atoms with Gasteiger partial charge >= 0.3 is 0 Å². The van der Waals surface area contributed by atoms with Crippen molar-refractivity contribution in [1.29, 1.82) is 0 Å². The highest BCUT2D eigenvalue weighted by Gasteiger charge is 2.22. The van der Waals surface area contributed by atoms with Crippen LogP contribution in [0.5, 0.6) is 0 Å². The number of benzene rings is 1. The molecule has 0 radical (unpaired) electrons. The maximum absolute atomic E-state index is 5.42. The molecular formula is C16H18N2O. The molecule has 3 nitrogen and oxygen atoms in total. The number of hydrogen-bond donors (Lipinski definition) is 0. The van der Waals surface area contributed by atoms with Crippen molar-refractivity contribution >= 4 is 5.69 Å². The van der Waals surface area contributed by atoms with Gasteiger partial charge < -0.3 is 9.64 Å². The monoisotopic (exact) mass is 254 g/mol. The number of ether oxygens (including phenoxy) is 1. The van der Waals surface area contributed by atoms with Gasteiger partial charge in [-0.2, -0.15) is 0 Å². The number of methoxy groups -OCH3 is 1. The Morgan fingerprint density at radius 2 is 2.05 bits per heavy atom. The van der Waals surface area contributed by atoms with Gasteiger partial charge in [-0.1, -0.05) is 30.3 Å². The van der Waals surface area contributed by atoms with E-state index in [-0.39, 0.29) is 0 Å². The van der Waals surface area contributed by atoms with Gasteiger partial charge in [0.25, 0.3) is 0 Å². The van der Waals surface area contributed by atoms with Crippen molar-refractivity contribution in [1.82, 2.24) is 4.98 Å². The molecule has 98 valence electrons. The molecule has 1 fully saturated rings. The lowest BCUT2D eigenvalue weighted by Gasteiger charge is -2.18. The summed E-state index contributed by atoms with van der Waals surface area (Å²) in [4.78, 5) is 6.83. The Labute approximate surface area is 113 Å². The molecule has 0 saturated carbocycles. The molecule has 2 heterocycles. The quantitative estimate of drug-likeness (QED) is 0.842. The summed E-state index contributed by atoms with van der Waals surface area (Å²) >= 11 is 0. The molecule has 3 heteroatoms. The van der Waals surface area contributed by atoms with Gasteiger partial charge in [0, 0.05) is 37.6 Å². The number of nitrogens with zero attached hydrogens (tertiary/aromatic N) is 2. The first-order chi connectivity index (χ1) is 9.36. The first-order valence-electron chi connectivity index (χ1n) is 6.66. The molecule has 0 aliphatic carbocycles. The van der Waals surface area contributed by atoms with Gasteiger partial charge in [0.1, 0.15) is 0 Å². The molecular weight excluding hydrogens is 236 g/mol. The highest BCUT2D eigenvalue weighted by atomic mass is 16.5. The Bertz CT molecular complexity index is 541. The van der Waals surface area contributed by atoms with Crippen LogP contribution in [0.1, 0.15) is 6.42 Å². The van der Waals surface area contributed by atoms with Gasteiger partial charge in [0.2, 0.25) is 0 Å². The predicted octanol–water partition coefficient (Wildman–Crippen LogP) is 2.97. The van der Waals surface area contributed by atoms with E-state index in [0.717, 1.165) is 30.8 Å². The van der Waals surface area contributed by atoms with Crippen molar-refractivity contribution in [2.75, 3.05) is 25.1 Å². The zero-order valence-electron chi connectivity index (χ0n) is 11.1. The van der Waals surface area contributed by atoms with Crippen LogP contribution in [-0.2, 0) is 4.74 Å². The molecule has 0 bridgehead atoms. The Morgan fingerprint density at radius 3 is 2.79 bits per heavy atom. The second-order valence-corrected chi connectivity index (χ2v) is 4.86. The van der Waals surface area contributed by atoms with E-state index in [1.165, 1.54) is 5.69 Å². The summed E-state index contributed by atoms with van der Waals surface area (Å²) in [6, 6.07) is 14.5. The second-order valence-electron chi connectivity index (χ2n) is 4.86. The highest BCUT2D eigenvalue weighted by Crippen LogP contribution is 2.25. The predicted molar refractivity (Wildman–Crippen MR) is 77.3 cm³/mol. The molecule has 1 atom stereocenters. The second kappa shape index (κ2) is 5.41. The zero-order chi connectivity index (χ0) is 13.1. The number of aromatic nitrogens is 1. The first-order valence-corrected chi connectivity index (χ1v) is 6.66. The zero-order valence-corrected chi connectivity index (χ0v) is 11.1. The van der Waals surface area contributed by atoms with E-state index in [2.05, 4.69) is 34.1 Å². The summed E-state index contributed by atoms with van der Waals surface area (Å²) in [5.74, 6) is 0. The van der Waals surface area contributed by atoms with Crippen LogP contribution >= 0.6 is 0 Å². The van der Waals surface area contributed by atoms with E-state index in [9.17, 15) is 0 Å². The fourth-order valence-corrected chi connectivity index (χ4v) is 2.54. The van der Waals surface area contributed by atoms with Crippen LogP contribution < -0.4 is 4.90 Å².